The summed E-state index contributed by atoms with van der Waals surface area (Å²) in [6.07, 6.45) is 0. The Hall–Kier alpha value is -1.37. The van der Waals surface area contributed by atoms with Gasteiger partial charge in [0.1, 0.15) is 0 Å². The maximum absolute atomic E-state index is 11.1. The molecular formula is C14H16O. The molecule has 2 rings (SSSR count). The Balaban J connectivity index is 2.27. The molecule has 0 aromatic heterocycles. The van der Waals surface area contributed by atoms with Crippen molar-refractivity contribution in [3.8, 4) is 0 Å². The zero-order valence-electron chi connectivity index (χ0n) is 9.50. The number of allylic oxidation sites excluding steroid dienone is 1. The third kappa shape index (κ3) is 1.52. The van der Waals surface area contributed by atoms with Gasteiger partial charge in [0.25, 0.3) is 0 Å². The average Bonchev–Trinajstić information content (AvgIpc) is 2.66. The Morgan fingerprint density at radius 3 is 2.07 bits per heavy atom. The number of hydrogen-bond acceptors (Lipinski definition) is 1. The number of ketones is 1. The van der Waals surface area contributed by atoms with Gasteiger partial charge in [0, 0.05) is 11.5 Å². The van der Waals surface area contributed by atoms with Crippen molar-refractivity contribution in [2.24, 2.45) is 5.41 Å². The second-order valence-corrected chi connectivity index (χ2v) is 4.86. The first-order valence-electron chi connectivity index (χ1n) is 5.25. The van der Waals surface area contributed by atoms with Gasteiger partial charge in [-0.3, -0.25) is 4.79 Å². The maximum atomic E-state index is 11.1. The number of carbonyl (C=O) groups excluding carboxylic acids is 1. The molecule has 0 spiro atoms. The second-order valence-electron chi connectivity index (χ2n) is 4.86. The Labute approximate surface area is 90.8 Å². The van der Waals surface area contributed by atoms with Crippen LogP contribution in [0.5, 0.6) is 0 Å². The molecule has 15 heavy (non-hydrogen) atoms. The molecule has 0 aliphatic heterocycles. The lowest BCUT2D eigenvalue weighted by Gasteiger charge is -2.03. The fourth-order valence-electron chi connectivity index (χ4n) is 2.16. The van der Waals surface area contributed by atoms with Crippen LogP contribution in [0.4, 0.5) is 0 Å². The first-order chi connectivity index (χ1) is 6.94. The standard InChI is InChI=1S/C14H16O/c1-9-13(14(9,3)4)12-7-5-11(6-8-12)10(2)15/h5-8,13H,1H2,2-4H3. The molecule has 0 N–H and O–H groups in total. The van der Waals surface area contributed by atoms with E-state index in [0.29, 0.717) is 5.92 Å². The van der Waals surface area contributed by atoms with Gasteiger partial charge in [-0.1, -0.05) is 50.3 Å². The Morgan fingerprint density at radius 1 is 1.27 bits per heavy atom. The normalized spacial score (nSPS) is 22.6. The predicted octanol–water partition coefficient (Wildman–Crippen LogP) is 3.57. The summed E-state index contributed by atoms with van der Waals surface area (Å²) in [5, 5.41) is 0. The van der Waals surface area contributed by atoms with Crippen molar-refractivity contribution in [1.29, 1.82) is 0 Å². The molecule has 1 heteroatoms. The Kier molecular flexibility index (Phi) is 2.07. The van der Waals surface area contributed by atoms with E-state index in [9.17, 15) is 4.79 Å². The van der Waals surface area contributed by atoms with Crippen LogP contribution in [0.15, 0.2) is 36.4 Å². The number of rotatable bonds is 2. The van der Waals surface area contributed by atoms with Crippen LogP contribution in [0.1, 0.15) is 42.6 Å². The summed E-state index contributed by atoms with van der Waals surface area (Å²) in [5.74, 6) is 0.592. The Bertz CT molecular complexity index is 423. The van der Waals surface area contributed by atoms with E-state index in [-0.39, 0.29) is 11.2 Å². The highest BCUT2D eigenvalue weighted by atomic mass is 16.1. The third-order valence-electron chi connectivity index (χ3n) is 3.46. The number of carbonyl (C=O) groups is 1. The highest BCUT2D eigenvalue weighted by molar-refractivity contribution is 5.94. The number of benzene rings is 1. The summed E-state index contributed by atoms with van der Waals surface area (Å²) in [7, 11) is 0. The van der Waals surface area contributed by atoms with Crippen LogP contribution in [0.2, 0.25) is 0 Å². The van der Waals surface area contributed by atoms with E-state index in [1.54, 1.807) is 6.92 Å². The topological polar surface area (TPSA) is 17.1 Å². The van der Waals surface area contributed by atoms with Gasteiger partial charge in [-0.15, -0.1) is 0 Å². The first-order valence-corrected chi connectivity index (χ1v) is 5.25. The summed E-state index contributed by atoms with van der Waals surface area (Å²) in [4.78, 5) is 11.1. The molecule has 1 aliphatic carbocycles. The molecule has 1 fully saturated rings. The van der Waals surface area contributed by atoms with E-state index in [1.807, 2.05) is 24.3 Å². The van der Waals surface area contributed by atoms with Gasteiger partial charge in [0.05, 0.1) is 0 Å². The smallest absolute Gasteiger partial charge is 0.159 e. The minimum absolute atomic E-state index is 0.121. The SMILES string of the molecule is C=C1C(c2ccc(C(C)=O)cc2)C1(C)C. The summed E-state index contributed by atoms with van der Waals surface area (Å²) < 4.78 is 0. The van der Waals surface area contributed by atoms with Crippen molar-refractivity contribution in [2.45, 2.75) is 26.7 Å². The lowest BCUT2D eigenvalue weighted by molar-refractivity contribution is 0.101. The molecule has 0 amide bonds. The van der Waals surface area contributed by atoms with E-state index in [0.717, 1.165) is 5.56 Å². The highest BCUT2D eigenvalue weighted by Crippen LogP contribution is 2.62. The molecule has 1 unspecified atom stereocenters. The van der Waals surface area contributed by atoms with Gasteiger partial charge in [-0.05, 0) is 17.9 Å². The van der Waals surface area contributed by atoms with Crippen LogP contribution < -0.4 is 0 Å². The molecule has 1 aromatic rings. The minimum Gasteiger partial charge on any atom is -0.295 e. The van der Waals surface area contributed by atoms with E-state index < -0.39 is 0 Å². The fourth-order valence-corrected chi connectivity index (χ4v) is 2.16. The fraction of sp³-hybridized carbons (Fsp3) is 0.357. The van der Waals surface area contributed by atoms with Crippen molar-refractivity contribution in [1.82, 2.24) is 0 Å². The van der Waals surface area contributed by atoms with Crippen molar-refractivity contribution in [3.05, 3.63) is 47.5 Å². The molecule has 78 valence electrons. The predicted molar refractivity (Wildman–Crippen MR) is 62.1 cm³/mol. The zero-order valence-corrected chi connectivity index (χ0v) is 9.50. The van der Waals surface area contributed by atoms with Crippen molar-refractivity contribution >= 4 is 5.78 Å². The zero-order chi connectivity index (χ0) is 11.2. The van der Waals surface area contributed by atoms with Crippen LogP contribution in [0.25, 0.3) is 0 Å². The summed E-state index contributed by atoms with van der Waals surface area (Å²) in [5.41, 5.74) is 3.58. The van der Waals surface area contributed by atoms with Crippen molar-refractivity contribution in [3.63, 3.8) is 0 Å². The van der Waals surface area contributed by atoms with E-state index in [2.05, 4.69) is 20.4 Å². The molecule has 1 nitrogen and oxygen atoms in total. The van der Waals surface area contributed by atoms with Gasteiger partial charge in [0.15, 0.2) is 5.78 Å². The lowest BCUT2D eigenvalue weighted by atomic mass is 10.0. The quantitative estimate of drug-likeness (QED) is 0.527. The average molecular weight is 200 g/mol. The van der Waals surface area contributed by atoms with E-state index >= 15 is 0 Å². The van der Waals surface area contributed by atoms with Gasteiger partial charge < -0.3 is 0 Å². The number of hydrogen-bond donors (Lipinski definition) is 0. The molecule has 0 bridgehead atoms. The maximum Gasteiger partial charge on any atom is 0.159 e. The molecular weight excluding hydrogens is 184 g/mol. The van der Waals surface area contributed by atoms with Crippen molar-refractivity contribution in [2.75, 3.05) is 0 Å². The third-order valence-corrected chi connectivity index (χ3v) is 3.46. The molecule has 1 aromatic carbocycles. The lowest BCUT2D eigenvalue weighted by Crippen LogP contribution is -1.93. The van der Waals surface area contributed by atoms with Crippen LogP contribution >= 0.6 is 0 Å². The van der Waals surface area contributed by atoms with Gasteiger partial charge >= 0.3 is 0 Å². The van der Waals surface area contributed by atoms with E-state index in [4.69, 9.17) is 0 Å². The van der Waals surface area contributed by atoms with Crippen LogP contribution in [-0.4, -0.2) is 5.78 Å². The summed E-state index contributed by atoms with van der Waals surface area (Å²) in [6, 6.07) is 7.89. The van der Waals surface area contributed by atoms with E-state index in [1.165, 1.54) is 11.1 Å². The van der Waals surface area contributed by atoms with Gasteiger partial charge in [0.2, 0.25) is 0 Å². The van der Waals surface area contributed by atoms with Crippen LogP contribution in [-0.2, 0) is 0 Å². The largest absolute Gasteiger partial charge is 0.295 e. The van der Waals surface area contributed by atoms with Crippen LogP contribution in [0.3, 0.4) is 0 Å². The molecule has 1 aliphatic rings. The van der Waals surface area contributed by atoms with Crippen molar-refractivity contribution < 1.29 is 4.79 Å². The van der Waals surface area contributed by atoms with Crippen LogP contribution in [0, 0.1) is 5.41 Å². The van der Waals surface area contributed by atoms with Gasteiger partial charge in [-0.2, -0.15) is 0 Å². The number of Topliss-reactive ketones (excluding diaryl/α,β-unsaturated/α-hetero) is 1. The molecule has 0 radical (unpaired) electrons. The molecule has 0 saturated heterocycles. The minimum atomic E-state index is 0.121. The second kappa shape index (κ2) is 3.06. The monoisotopic (exact) mass is 200 g/mol. The van der Waals surface area contributed by atoms with Gasteiger partial charge in [-0.25, -0.2) is 0 Å². The molecule has 1 atom stereocenters. The molecule has 1 saturated carbocycles. The highest BCUT2D eigenvalue weighted by Gasteiger charge is 2.51. The Morgan fingerprint density at radius 2 is 1.73 bits per heavy atom. The first kappa shape index (κ1) is 10.2. The summed E-state index contributed by atoms with van der Waals surface area (Å²) in [6.45, 7) is 10.1. The summed E-state index contributed by atoms with van der Waals surface area (Å²) >= 11 is 0. The molecule has 0 heterocycles.